The first-order chi connectivity index (χ1) is 4.34. The number of hydrogen-bond acceptors (Lipinski definition) is 4. The van der Waals surface area contributed by atoms with Crippen LogP contribution >= 0.6 is 0 Å². The van der Waals surface area contributed by atoms with Gasteiger partial charge in [0, 0.05) is 5.56 Å². The summed E-state index contributed by atoms with van der Waals surface area (Å²) in [6.45, 7) is -0.160. The molecule has 0 unspecified atom stereocenters. The number of nitrogens with two attached hydrogens (primary N) is 1. The summed E-state index contributed by atoms with van der Waals surface area (Å²) in [7, 11) is 0. The van der Waals surface area contributed by atoms with E-state index in [0.717, 1.165) is 0 Å². The molecule has 1 aromatic rings. The molecule has 0 amide bonds. The lowest BCUT2D eigenvalue weighted by Gasteiger charge is -1.94. The molecule has 0 atom stereocenters. The number of nitrogens with zero attached hydrogens (tertiary/aromatic N) is 2. The Hall–Kier alpha value is -1.16. The van der Waals surface area contributed by atoms with Crippen LogP contribution < -0.4 is 5.73 Å². The molecule has 9 heavy (non-hydrogen) atoms. The third-order valence-corrected chi connectivity index (χ3v) is 0.921. The lowest BCUT2D eigenvalue weighted by atomic mass is 10.3. The molecule has 0 bridgehead atoms. The molecule has 0 aliphatic carbocycles. The van der Waals surface area contributed by atoms with Crippen molar-refractivity contribution in [2.45, 2.75) is 6.61 Å². The second-order valence-electron chi connectivity index (χ2n) is 1.51. The van der Waals surface area contributed by atoms with Crippen molar-refractivity contribution in [1.29, 1.82) is 0 Å². The summed E-state index contributed by atoms with van der Waals surface area (Å²) in [6.07, 6.45) is 3.79. The summed E-state index contributed by atoms with van der Waals surface area (Å²) in [5.41, 5.74) is 5.73. The minimum atomic E-state index is -0.160. The Morgan fingerprint density at radius 2 is 2.56 bits per heavy atom. The first-order valence-corrected chi connectivity index (χ1v) is 2.42. The number of rotatable bonds is 1. The van der Waals surface area contributed by atoms with Crippen LogP contribution in [-0.2, 0) is 6.61 Å². The molecule has 3 N–H and O–H groups in total. The maximum Gasteiger partial charge on any atom is 0.133 e. The maximum atomic E-state index is 8.53. The zero-order chi connectivity index (χ0) is 6.69. The van der Waals surface area contributed by atoms with E-state index in [-0.39, 0.29) is 12.4 Å². The average molecular weight is 124 g/mol. The predicted octanol–water partition coefficient (Wildman–Crippen LogP) is -0.649. The van der Waals surface area contributed by atoms with Crippen LogP contribution in [0.4, 0.5) is 5.82 Å². The Morgan fingerprint density at radius 1 is 1.78 bits per heavy atom. The highest BCUT2D eigenvalue weighted by Crippen LogP contribution is 2.01. The second-order valence-corrected chi connectivity index (χ2v) is 1.51. The van der Waals surface area contributed by atoms with Crippen LogP contribution in [0.5, 0.6) is 0 Å². The number of aromatic nitrogens is 2. The van der Waals surface area contributed by atoms with E-state index in [2.05, 4.69) is 16.2 Å². The minimum absolute atomic E-state index is 0.160. The highest BCUT2D eigenvalue weighted by atomic mass is 16.3. The summed E-state index contributed by atoms with van der Waals surface area (Å²) >= 11 is 0. The number of aliphatic hydroxyl groups is 1. The van der Waals surface area contributed by atoms with Crippen LogP contribution in [0, 0.1) is 6.20 Å². The number of aliphatic hydroxyl groups excluding tert-OH is 1. The zero-order valence-corrected chi connectivity index (χ0v) is 4.70. The normalized spacial score (nSPS) is 9.44. The Bertz CT molecular complexity index is 201. The third-order valence-electron chi connectivity index (χ3n) is 0.921. The molecule has 0 saturated heterocycles. The molecule has 1 rings (SSSR count). The van der Waals surface area contributed by atoms with Crippen LogP contribution in [0.2, 0.25) is 0 Å². The van der Waals surface area contributed by atoms with Crippen molar-refractivity contribution in [2.24, 2.45) is 0 Å². The van der Waals surface area contributed by atoms with Crippen molar-refractivity contribution in [3.8, 4) is 0 Å². The molecule has 4 heteroatoms. The van der Waals surface area contributed by atoms with E-state index < -0.39 is 0 Å². The largest absolute Gasteiger partial charge is 0.391 e. The fraction of sp³-hybridized carbons (Fsp3) is 0.200. The van der Waals surface area contributed by atoms with Crippen molar-refractivity contribution >= 4 is 5.82 Å². The van der Waals surface area contributed by atoms with Gasteiger partial charge in [-0.05, 0) is 0 Å². The minimum Gasteiger partial charge on any atom is -0.391 e. The maximum absolute atomic E-state index is 8.53. The van der Waals surface area contributed by atoms with Crippen molar-refractivity contribution in [1.82, 2.24) is 9.97 Å². The molecule has 1 heterocycles. The zero-order valence-electron chi connectivity index (χ0n) is 4.70. The van der Waals surface area contributed by atoms with E-state index in [9.17, 15) is 0 Å². The fourth-order valence-corrected chi connectivity index (χ4v) is 0.449. The van der Waals surface area contributed by atoms with Crippen LogP contribution in [-0.4, -0.2) is 15.1 Å². The van der Waals surface area contributed by atoms with Gasteiger partial charge in [0.05, 0.1) is 6.61 Å². The molecular formula is C5H6N3O. The van der Waals surface area contributed by atoms with E-state index in [1.54, 1.807) is 0 Å². The van der Waals surface area contributed by atoms with Gasteiger partial charge in [-0.15, -0.1) is 0 Å². The van der Waals surface area contributed by atoms with Crippen molar-refractivity contribution < 1.29 is 5.11 Å². The highest BCUT2D eigenvalue weighted by molar-refractivity contribution is 5.34. The van der Waals surface area contributed by atoms with Gasteiger partial charge in [0.1, 0.15) is 18.3 Å². The second kappa shape index (κ2) is 2.41. The lowest BCUT2D eigenvalue weighted by molar-refractivity contribution is 0.281. The fourth-order valence-electron chi connectivity index (χ4n) is 0.449. The molecular weight excluding hydrogens is 118 g/mol. The standard InChI is InChI=1S/C5H6N3O/c6-5-4(2-9)1-7-3-8-5/h3,9H,2H2,(H2,6,7,8). The summed E-state index contributed by atoms with van der Waals surface area (Å²) in [4.78, 5) is 7.17. The third kappa shape index (κ3) is 1.14. The molecule has 0 aliphatic heterocycles. The summed E-state index contributed by atoms with van der Waals surface area (Å²) in [5, 5.41) is 8.53. The smallest absolute Gasteiger partial charge is 0.133 e. The van der Waals surface area contributed by atoms with Crippen LogP contribution in [0.15, 0.2) is 6.33 Å². The molecule has 4 nitrogen and oxygen atoms in total. The van der Waals surface area contributed by atoms with Gasteiger partial charge in [-0.25, -0.2) is 9.97 Å². The Morgan fingerprint density at radius 3 is 3.00 bits per heavy atom. The van der Waals surface area contributed by atoms with E-state index in [1.165, 1.54) is 6.33 Å². The Balaban J connectivity index is 3.01. The van der Waals surface area contributed by atoms with Crippen molar-refractivity contribution in [3.05, 3.63) is 18.1 Å². The van der Waals surface area contributed by atoms with Crippen LogP contribution in [0.1, 0.15) is 5.56 Å². The van der Waals surface area contributed by atoms with Gasteiger partial charge in [0.15, 0.2) is 0 Å². The van der Waals surface area contributed by atoms with Crippen LogP contribution in [0.3, 0.4) is 0 Å². The summed E-state index contributed by atoms with van der Waals surface area (Å²) in [6, 6.07) is 0. The lowest BCUT2D eigenvalue weighted by Crippen LogP contribution is -1.97. The molecule has 1 aromatic heterocycles. The molecule has 1 radical (unpaired) electrons. The highest BCUT2D eigenvalue weighted by Gasteiger charge is 1.95. The Labute approximate surface area is 52.4 Å². The van der Waals surface area contributed by atoms with E-state index in [1.807, 2.05) is 0 Å². The SMILES string of the molecule is Nc1ncn[c]c1CO. The van der Waals surface area contributed by atoms with Crippen molar-refractivity contribution in [3.63, 3.8) is 0 Å². The van der Waals surface area contributed by atoms with Crippen LogP contribution in [0.25, 0.3) is 0 Å². The number of hydrogen-bond donors (Lipinski definition) is 2. The van der Waals surface area contributed by atoms with E-state index in [4.69, 9.17) is 10.8 Å². The van der Waals surface area contributed by atoms with Crippen molar-refractivity contribution in [2.75, 3.05) is 5.73 Å². The Kier molecular flexibility index (Phi) is 1.60. The van der Waals surface area contributed by atoms with E-state index >= 15 is 0 Å². The quantitative estimate of drug-likeness (QED) is 0.522. The van der Waals surface area contributed by atoms with Gasteiger partial charge < -0.3 is 10.8 Å². The van der Waals surface area contributed by atoms with E-state index in [0.29, 0.717) is 5.56 Å². The summed E-state index contributed by atoms with van der Waals surface area (Å²) < 4.78 is 0. The predicted molar refractivity (Wildman–Crippen MR) is 31.2 cm³/mol. The molecule has 0 aliphatic rings. The number of anilines is 1. The molecule has 0 saturated carbocycles. The molecule has 0 fully saturated rings. The van der Waals surface area contributed by atoms with Gasteiger partial charge in [-0.1, -0.05) is 0 Å². The first-order valence-electron chi connectivity index (χ1n) is 2.42. The van der Waals surface area contributed by atoms with Gasteiger partial charge >= 0.3 is 0 Å². The topological polar surface area (TPSA) is 72.0 Å². The monoisotopic (exact) mass is 124 g/mol. The average Bonchev–Trinajstić information content (AvgIpc) is 1.89. The number of nitrogen functional groups attached to an aromatic ring is 1. The van der Waals surface area contributed by atoms with Gasteiger partial charge in [-0.2, -0.15) is 0 Å². The van der Waals surface area contributed by atoms with Gasteiger partial charge in [0.2, 0.25) is 0 Å². The molecule has 0 spiro atoms. The first kappa shape index (κ1) is 5.97. The van der Waals surface area contributed by atoms with Gasteiger partial charge in [0.25, 0.3) is 0 Å². The molecule has 47 valence electrons. The molecule has 0 aromatic carbocycles. The van der Waals surface area contributed by atoms with Gasteiger partial charge in [-0.3, -0.25) is 0 Å². The summed E-state index contributed by atoms with van der Waals surface area (Å²) in [5.74, 6) is 0.285.